The number of aliphatic hydroxyl groups excluding tert-OH is 1. The predicted molar refractivity (Wildman–Crippen MR) is 94.2 cm³/mol. The van der Waals surface area contributed by atoms with Crippen LogP contribution in [0.5, 0.6) is 11.5 Å². The molecule has 1 heterocycles. The average molecular weight is 338 g/mol. The molecule has 0 aliphatic carbocycles. The highest BCUT2D eigenvalue weighted by Crippen LogP contribution is 2.38. The number of para-hydroxylation sites is 1. The molecule has 0 spiro atoms. The highest BCUT2D eigenvalue weighted by Gasteiger charge is 2.21. The minimum Gasteiger partial charge on any atom is -0.506 e. The molecule has 0 aliphatic rings. The van der Waals surface area contributed by atoms with E-state index < -0.39 is 0 Å². The van der Waals surface area contributed by atoms with Crippen molar-refractivity contribution in [2.45, 2.75) is 0 Å². The van der Waals surface area contributed by atoms with Gasteiger partial charge in [-0.2, -0.15) is 5.26 Å². The molecule has 0 amide bonds. The van der Waals surface area contributed by atoms with Crippen molar-refractivity contribution in [3.05, 3.63) is 53.0 Å². The minimum absolute atomic E-state index is 0.0824. The molecule has 0 aliphatic heterocycles. The molecule has 6 heteroatoms. The summed E-state index contributed by atoms with van der Waals surface area (Å²) in [6.45, 7) is 0. The Kier molecular flexibility index (Phi) is 4.36. The van der Waals surface area contributed by atoms with E-state index in [0.717, 1.165) is 10.2 Å². The molecule has 120 valence electrons. The lowest BCUT2D eigenvalue weighted by Gasteiger charge is -2.12. The van der Waals surface area contributed by atoms with Gasteiger partial charge in [0.1, 0.15) is 33.7 Å². The van der Waals surface area contributed by atoms with E-state index >= 15 is 0 Å². The average Bonchev–Trinajstić information content (AvgIpc) is 3.04. The third-order valence-corrected chi connectivity index (χ3v) is 4.57. The number of fused-ring (bicyclic) bond motifs is 1. The van der Waals surface area contributed by atoms with Crippen LogP contribution in [0.3, 0.4) is 0 Å². The highest BCUT2D eigenvalue weighted by atomic mass is 32.1. The topological polar surface area (TPSA) is 75.4 Å². The molecule has 0 atom stereocenters. The fraction of sp³-hybridized carbons (Fsp3) is 0.111. The van der Waals surface area contributed by atoms with Crippen molar-refractivity contribution in [2.24, 2.45) is 0 Å². The van der Waals surface area contributed by atoms with Crippen molar-refractivity contribution in [1.29, 1.82) is 5.26 Å². The molecule has 0 radical (unpaired) electrons. The maximum atomic E-state index is 10.7. The van der Waals surface area contributed by atoms with Gasteiger partial charge in [-0.15, -0.1) is 11.3 Å². The molecule has 0 unspecified atom stereocenters. The first-order chi connectivity index (χ1) is 11.7. The summed E-state index contributed by atoms with van der Waals surface area (Å²) in [6, 6.07) is 14.8. The van der Waals surface area contributed by atoms with E-state index in [9.17, 15) is 10.4 Å². The zero-order valence-corrected chi connectivity index (χ0v) is 13.9. The van der Waals surface area contributed by atoms with Crippen LogP contribution in [-0.2, 0) is 0 Å². The van der Waals surface area contributed by atoms with Crippen molar-refractivity contribution >= 4 is 32.9 Å². The number of aromatic nitrogens is 1. The van der Waals surface area contributed by atoms with E-state index in [1.807, 2.05) is 30.3 Å². The van der Waals surface area contributed by atoms with E-state index in [-0.39, 0.29) is 11.3 Å². The fourth-order valence-corrected chi connectivity index (χ4v) is 3.35. The smallest absolute Gasteiger partial charge is 0.151 e. The van der Waals surface area contributed by atoms with E-state index in [0.29, 0.717) is 22.1 Å². The molecule has 0 bridgehead atoms. The lowest BCUT2D eigenvalue weighted by atomic mass is 10.1. The van der Waals surface area contributed by atoms with Crippen LogP contribution in [0.2, 0.25) is 0 Å². The first-order valence-corrected chi connectivity index (χ1v) is 7.92. The number of rotatable bonds is 4. The summed E-state index contributed by atoms with van der Waals surface area (Å²) in [5.74, 6) is 0.618. The van der Waals surface area contributed by atoms with Crippen molar-refractivity contribution in [3.63, 3.8) is 0 Å². The molecule has 0 saturated heterocycles. The Hall–Kier alpha value is -3.04. The number of nitrogens with zero attached hydrogens (tertiary/aromatic N) is 2. The third-order valence-electron chi connectivity index (χ3n) is 3.52. The van der Waals surface area contributed by atoms with Gasteiger partial charge in [0.05, 0.1) is 24.4 Å². The second kappa shape index (κ2) is 6.60. The number of ether oxygens (including phenoxy) is 2. The molecular formula is C18H14N2O3S. The summed E-state index contributed by atoms with van der Waals surface area (Å²) in [5, 5.41) is 20.8. The van der Waals surface area contributed by atoms with Gasteiger partial charge in [0.2, 0.25) is 0 Å². The molecule has 1 aromatic heterocycles. The van der Waals surface area contributed by atoms with Gasteiger partial charge in [-0.1, -0.05) is 18.2 Å². The summed E-state index contributed by atoms with van der Waals surface area (Å²) in [4.78, 5) is 4.44. The maximum absolute atomic E-state index is 10.7. The monoisotopic (exact) mass is 338 g/mol. The number of thiazole rings is 1. The molecular weight excluding hydrogens is 324 g/mol. The summed E-state index contributed by atoms with van der Waals surface area (Å²) in [7, 11) is 2.99. The second-order valence-corrected chi connectivity index (χ2v) is 5.89. The summed E-state index contributed by atoms with van der Waals surface area (Å²) >= 11 is 1.35. The number of hydrogen-bond acceptors (Lipinski definition) is 6. The number of nitriles is 1. The zero-order valence-electron chi connectivity index (χ0n) is 13.1. The quantitative estimate of drug-likeness (QED) is 0.568. The molecule has 1 N–H and O–H groups in total. The van der Waals surface area contributed by atoms with Crippen LogP contribution in [0, 0.1) is 11.3 Å². The Morgan fingerprint density at radius 2 is 1.75 bits per heavy atom. The van der Waals surface area contributed by atoms with Crippen LogP contribution in [0.1, 0.15) is 10.6 Å². The minimum atomic E-state index is -0.217. The van der Waals surface area contributed by atoms with Gasteiger partial charge >= 0.3 is 0 Å². The zero-order chi connectivity index (χ0) is 17.1. The van der Waals surface area contributed by atoms with Gasteiger partial charge in [-0.3, -0.25) is 0 Å². The molecule has 2 aromatic carbocycles. The summed E-state index contributed by atoms with van der Waals surface area (Å²) in [6.07, 6.45) is 0. The number of hydrogen-bond donors (Lipinski definition) is 1. The van der Waals surface area contributed by atoms with Crippen LogP contribution >= 0.6 is 11.3 Å². The lowest BCUT2D eigenvalue weighted by Crippen LogP contribution is -1.98. The van der Waals surface area contributed by atoms with Crippen molar-refractivity contribution in [2.75, 3.05) is 14.2 Å². The van der Waals surface area contributed by atoms with Crippen molar-refractivity contribution in [3.8, 4) is 17.6 Å². The molecule has 0 saturated carbocycles. The molecule has 3 aromatic rings. The SMILES string of the molecule is COc1cccc(OC)c1/C(O)=C(\C#N)c1nc2ccccc2s1. The summed E-state index contributed by atoms with van der Waals surface area (Å²) < 4.78 is 11.5. The lowest BCUT2D eigenvalue weighted by molar-refractivity contribution is 0.385. The van der Waals surface area contributed by atoms with Crippen LogP contribution in [0.4, 0.5) is 0 Å². The van der Waals surface area contributed by atoms with Gasteiger partial charge < -0.3 is 14.6 Å². The Morgan fingerprint density at radius 1 is 1.08 bits per heavy atom. The number of benzene rings is 2. The van der Waals surface area contributed by atoms with Crippen LogP contribution in [0.15, 0.2) is 42.5 Å². The fourth-order valence-electron chi connectivity index (χ4n) is 2.39. The van der Waals surface area contributed by atoms with Crippen LogP contribution < -0.4 is 9.47 Å². The number of allylic oxidation sites excluding steroid dienone is 1. The van der Waals surface area contributed by atoms with E-state index in [1.54, 1.807) is 18.2 Å². The van der Waals surface area contributed by atoms with Gasteiger partial charge in [0.25, 0.3) is 0 Å². The van der Waals surface area contributed by atoms with Gasteiger partial charge in [-0.05, 0) is 24.3 Å². The maximum Gasteiger partial charge on any atom is 0.151 e. The Bertz CT molecular complexity index is 915. The predicted octanol–water partition coefficient (Wildman–Crippen LogP) is 4.26. The van der Waals surface area contributed by atoms with Crippen molar-refractivity contribution in [1.82, 2.24) is 4.98 Å². The Balaban J connectivity index is 2.24. The number of aliphatic hydroxyl groups is 1. The Labute approximate surface area is 143 Å². The van der Waals surface area contributed by atoms with Gasteiger partial charge in [0.15, 0.2) is 5.76 Å². The highest BCUT2D eigenvalue weighted by molar-refractivity contribution is 7.19. The second-order valence-electron chi connectivity index (χ2n) is 4.86. The molecule has 5 nitrogen and oxygen atoms in total. The normalized spacial score (nSPS) is 11.7. The van der Waals surface area contributed by atoms with Crippen molar-refractivity contribution < 1.29 is 14.6 Å². The standard InChI is InChI=1S/C18H14N2O3S/c1-22-13-7-5-8-14(23-2)16(13)17(21)11(10-19)18-20-12-6-3-4-9-15(12)24-18/h3-9,21H,1-2H3/b17-11-. The van der Waals surface area contributed by atoms with E-state index in [4.69, 9.17) is 9.47 Å². The van der Waals surface area contributed by atoms with Gasteiger partial charge in [-0.25, -0.2) is 4.98 Å². The number of methoxy groups -OCH3 is 2. The third kappa shape index (κ3) is 2.66. The van der Waals surface area contributed by atoms with Crippen LogP contribution in [-0.4, -0.2) is 24.3 Å². The molecule has 0 fully saturated rings. The van der Waals surface area contributed by atoms with Gasteiger partial charge in [0, 0.05) is 0 Å². The van der Waals surface area contributed by atoms with Crippen LogP contribution in [0.25, 0.3) is 21.5 Å². The Morgan fingerprint density at radius 3 is 2.33 bits per heavy atom. The summed E-state index contributed by atoms with van der Waals surface area (Å²) in [5.41, 5.74) is 1.20. The first kappa shape index (κ1) is 15.8. The molecule has 3 rings (SSSR count). The van der Waals surface area contributed by atoms with E-state index in [1.165, 1.54) is 25.6 Å². The first-order valence-electron chi connectivity index (χ1n) is 7.10. The molecule has 24 heavy (non-hydrogen) atoms. The largest absolute Gasteiger partial charge is 0.506 e. The van der Waals surface area contributed by atoms with E-state index in [2.05, 4.69) is 4.98 Å².